The Hall–Kier alpha value is -3.88. The van der Waals surface area contributed by atoms with Gasteiger partial charge in [0.25, 0.3) is 11.8 Å². The van der Waals surface area contributed by atoms with Gasteiger partial charge in [0, 0.05) is 5.69 Å². The second kappa shape index (κ2) is 10.6. The largest absolute Gasteiger partial charge is 0.481 e. The van der Waals surface area contributed by atoms with E-state index < -0.39 is 37.0 Å². The van der Waals surface area contributed by atoms with Crippen LogP contribution in [0.3, 0.4) is 0 Å². The fourth-order valence-electron chi connectivity index (χ4n) is 2.29. The van der Waals surface area contributed by atoms with Crippen molar-refractivity contribution < 1.29 is 33.4 Å². The topological polar surface area (TPSA) is 134 Å². The fraction of sp³-hybridized carbons (Fsp3) is 0.238. The highest BCUT2D eigenvalue weighted by Crippen LogP contribution is 2.17. The van der Waals surface area contributed by atoms with Crippen molar-refractivity contribution in [1.29, 1.82) is 0 Å². The zero-order chi connectivity index (χ0) is 22.1. The second-order valence-corrected chi connectivity index (χ2v) is 6.39. The van der Waals surface area contributed by atoms with E-state index in [1.54, 1.807) is 26.0 Å². The Morgan fingerprint density at radius 3 is 2.27 bits per heavy atom. The molecule has 2 rings (SSSR count). The van der Waals surface area contributed by atoms with Gasteiger partial charge in [-0.05, 0) is 50.2 Å². The summed E-state index contributed by atoms with van der Waals surface area (Å²) in [4.78, 5) is 46.8. The molecule has 0 aliphatic heterocycles. The zero-order valence-electron chi connectivity index (χ0n) is 16.5. The van der Waals surface area contributed by atoms with Gasteiger partial charge in [-0.1, -0.05) is 12.1 Å². The van der Waals surface area contributed by atoms with Gasteiger partial charge >= 0.3 is 11.9 Å². The minimum absolute atomic E-state index is 0.128. The van der Waals surface area contributed by atoms with Crippen LogP contribution in [0.1, 0.15) is 34.6 Å². The van der Waals surface area contributed by atoms with Gasteiger partial charge in [-0.2, -0.15) is 0 Å². The van der Waals surface area contributed by atoms with Gasteiger partial charge < -0.3 is 25.3 Å². The van der Waals surface area contributed by atoms with Crippen molar-refractivity contribution in [2.45, 2.75) is 20.0 Å². The summed E-state index contributed by atoms with van der Waals surface area (Å²) in [5, 5.41) is 2.53. The van der Waals surface area contributed by atoms with Gasteiger partial charge in [0.05, 0.1) is 17.2 Å². The molecule has 3 N–H and O–H groups in total. The molecule has 0 fully saturated rings. The molecule has 9 nitrogen and oxygen atoms in total. The second-order valence-electron chi connectivity index (χ2n) is 6.39. The first kappa shape index (κ1) is 22.4. The molecular weight excluding hydrogens is 392 g/mol. The molecule has 30 heavy (non-hydrogen) atoms. The third kappa shape index (κ3) is 6.93. The lowest BCUT2D eigenvalue weighted by molar-refractivity contribution is -0.149. The molecule has 0 unspecified atom stereocenters. The predicted octanol–water partition coefficient (Wildman–Crippen LogP) is 1.91. The molecule has 0 aromatic heterocycles. The van der Waals surface area contributed by atoms with E-state index in [4.69, 9.17) is 19.9 Å². The van der Waals surface area contributed by atoms with Gasteiger partial charge in [0.15, 0.2) is 13.2 Å². The maximum Gasteiger partial charge on any atom is 0.344 e. The van der Waals surface area contributed by atoms with E-state index in [-0.39, 0.29) is 17.4 Å². The minimum Gasteiger partial charge on any atom is -0.481 e. The van der Waals surface area contributed by atoms with E-state index >= 15 is 0 Å². The number of hydrogen-bond acceptors (Lipinski definition) is 7. The number of amides is 2. The Bertz CT molecular complexity index is 923. The van der Waals surface area contributed by atoms with Crippen LogP contribution in [0.2, 0.25) is 0 Å². The third-order valence-electron chi connectivity index (χ3n) is 3.61. The summed E-state index contributed by atoms with van der Waals surface area (Å²) in [6.07, 6.45) is -0.236. The smallest absolute Gasteiger partial charge is 0.344 e. The average Bonchev–Trinajstić information content (AvgIpc) is 2.70. The van der Waals surface area contributed by atoms with Gasteiger partial charge in [0.2, 0.25) is 0 Å². The minimum atomic E-state index is -0.795. The van der Waals surface area contributed by atoms with E-state index in [1.807, 2.05) is 0 Å². The summed E-state index contributed by atoms with van der Waals surface area (Å²) in [5.41, 5.74) is 6.12. The summed E-state index contributed by atoms with van der Waals surface area (Å²) >= 11 is 0. The Morgan fingerprint density at radius 1 is 0.967 bits per heavy atom. The molecular formula is C21H22N2O7. The van der Waals surface area contributed by atoms with Crippen LogP contribution in [-0.2, 0) is 19.1 Å². The summed E-state index contributed by atoms with van der Waals surface area (Å²) in [7, 11) is 0. The predicted molar refractivity (Wildman–Crippen MR) is 107 cm³/mol. The Kier molecular flexibility index (Phi) is 7.92. The van der Waals surface area contributed by atoms with Gasteiger partial charge in [-0.15, -0.1) is 0 Å². The van der Waals surface area contributed by atoms with Crippen LogP contribution >= 0.6 is 0 Å². The zero-order valence-corrected chi connectivity index (χ0v) is 16.5. The number of nitrogens with two attached hydrogens (primary N) is 1. The molecule has 0 atom stereocenters. The maximum atomic E-state index is 11.9. The normalized spacial score (nSPS) is 10.2. The van der Waals surface area contributed by atoms with Crippen LogP contribution in [-0.4, -0.2) is 43.1 Å². The van der Waals surface area contributed by atoms with Gasteiger partial charge in [-0.25, -0.2) is 9.59 Å². The average molecular weight is 414 g/mol. The lowest BCUT2D eigenvalue weighted by Crippen LogP contribution is -2.24. The highest BCUT2D eigenvalue weighted by atomic mass is 16.6. The lowest BCUT2D eigenvalue weighted by Gasteiger charge is -2.10. The number of nitrogens with one attached hydrogen (secondary N) is 1. The number of benzene rings is 2. The van der Waals surface area contributed by atoms with Crippen molar-refractivity contribution in [2.75, 3.05) is 18.5 Å². The van der Waals surface area contributed by atoms with E-state index in [1.165, 1.54) is 36.4 Å². The quantitative estimate of drug-likeness (QED) is 0.599. The molecule has 0 saturated carbocycles. The Morgan fingerprint density at radius 2 is 1.63 bits per heavy atom. The van der Waals surface area contributed by atoms with Gasteiger partial charge in [-0.3, -0.25) is 9.59 Å². The monoisotopic (exact) mass is 414 g/mol. The number of rotatable bonds is 9. The highest BCUT2D eigenvalue weighted by Gasteiger charge is 2.13. The van der Waals surface area contributed by atoms with Gasteiger partial charge in [0.1, 0.15) is 5.75 Å². The first-order valence-corrected chi connectivity index (χ1v) is 9.04. The number of carbonyl (C=O) groups excluding carboxylic acids is 4. The van der Waals surface area contributed by atoms with E-state index in [0.717, 1.165) is 0 Å². The van der Waals surface area contributed by atoms with Crippen molar-refractivity contribution in [3.8, 4) is 5.75 Å². The fourth-order valence-corrected chi connectivity index (χ4v) is 2.29. The molecule has 0 aliphatic rings. The van der Waals surface area contributed by atoms with E-state index in [0.29, 0.717) is 11.3 Å². The maximum absolute atomic E-state index is 11.9. The van der Waals surface area contributed by atoms with Crippen molar-refractivity contribution in [3.63, 3.8) is 0 Å². The van der Waals surface area contributed by atoms with Crippen LogP contribution in [0.15, 0.2) is 48.5 Å². The van der Waals surface area contributed by atoms with Crippen LogP contribution in [0.25, 0.3) is 0 Å². The van der Waals surface area contributed by atoms with Crippen molar-refractivity contribution in [3.05, 3.63) is 59.7 Å². The molecule has 2 aromatic carbocycles. The Labute approximate surface area is 173 Å². The number of carbonyl (C=O) groups is 4. The molecule has 2 aromatic rings. The van der Waals surface area contributed by atoms with Crippen molar-refractivity contribution in [1.82, 2.24) is 0 Å². The molecule has 0 heterocycles. The molecule has 0 saturated heterocycles. The molecule has 0 bridgehead atoms. The Balaban J connectivity index is 1.78. The summed E-state index contributed by atoms with van der Waals surface area (Å²) in [5.74, 6) is -2.38. The number of esters is 2. The first-order chi connectivity index (χ1) is 14.3. The summed E-state index contributed by atoms with van der Waals surface area (Å²) < 4.78 is 15.1. The third-order valence-corrected chi connectivity index (χ3v) is 3.61. The number of para-hydroxylation sites is 1. The number of anilines is 1. The van der Waals surface area contributed by atoms with E-state index in [2.05, 4.69) is 5.32 Å². The van der Waals surface area contributed by atoms with Crippen molar-refractivity contribution in [2.24, 2.45) is 5.73 Å². The number of primary amides is 1. The van der Waals surface area contributed by atoms with Crippen LogP contribution in [0.4, 0.5) is 5.69 Å². The van der Waals surface area contributed by atoms with Crippen molar-refractivity contribution >= 4 is 29.4 Å². The highest BCUT2D eigenvalue weighted by molar-refractivity contribution is 5.96. The molecule has 158 valence electrons. The number of ether oxygens (including phenoxy) is 3. The van der Waals surface area contributed by atoms with Crippen LogP contribution < -0.4 is 15.8 Å². The summed E-state index contributed by atoms with van der Waals surface area (Å²) in [6.45, 7) is 2.46. The first-order valence-electron chi connectivity index (χ1n) is 9.04. The molecule has 0 radical (unpaired) electrons. The molecule has 9 heteroatoms. The lowest BCUT2D eigenvalue weighted by atomic mass is 10.2. The SMILES string of the molecule is CC(C)OC(=O)c1ccc(NC(=O)COC(=O)COc2ccccc2C(N)=O)cc1. The molecule has 0 spiro atoms. The molecule has 0 aliphatic carbocycles. The van der Waals surface area contributed by atoms with Crippen LogP contribution in [0, 0.1) is 0 Å². The standard InChI is InChI=1S/C21H22N2O7/c1-13(2)30-21(27)14-7-9-15(10-8-14)23-18(24)11-29-19(25)12-28-17-6-4-3-5-16(17)20(22)26/h3-10,13H,11-12H2,1-2H3,(H2,22,26)(H,23,24). The van der Waals surface area contributed by atoms with Crippen LogP contribution in [0.5, 0.6) is 5.75 Å². The summed E-state index contributed by atoms with van der Waals surface area (Å²) in [6, 6.07) is 12.3. The molecule has 2 amide bonds. The number of hydrogen-bond donors (Lipinski definition) is 2. The van der Waals surface area contributed by atoms with E-state index in [9.17, 15) is 19.2 Å².